The highest BCUT2D eigenvalue weighted by Gasteiger charge is 2.19. The molecule has 0 atom stereocenters. The number of benzene rings is 2. The Morgan fingerprint density at radius 2 is 1.96 bits per heavy atom. The molecule has 130 valence electrons. The first kappa shape index (κ1) is 18.7. The first-order chi connectivity index (χ1) is 11.8. The minimum atomic E-state index is -0.832. The summed E-state index contributed by atoms with van der Waals surface area (Å²) in [5, 5.41) is 13.8. The highest BCUT2D eigenvalue weighted by atomic mass is 35.5. The number of anilines is 1. The number of nitro benzene ring substituents is 1. The molecule has 0 aliphatic carbocycles. The van der Waals surface area contributed by atoms with Crippen molar-refractivity contribution in [1.29, 1.82) is 0 Å². The molecule has 0 saturated carbocycles. The Morgan fingerprint density at radius 3 is 2.64 bits per heavy atom. The molecule has 0 spiro atoms. The molecule has 0 aliphatic heterocycles. The summed E-state index contributed by atoms with van der Waals surface area (Å²) >= 11 is 11.7. The quantitative estimate of drug-likeness (QED) is 0.478. The number of aryl methyl sites for hydroxylation is 1. The van der Waals surface area contributed by atoms with Crippen LogP contribution < -0.4 is 5.32 Å². The topological polar surface area (TPSA) is 98.5 Å². The molecule has 0 aromatic heterocycles. The van der Waals surface area contributed by atoms with Gasteiger partial charge in [-0.25, -0.2) is 4.79 Å². The zero-order chi connectivity index (χ0) is 18.6. The largest absolute Gasteiger partial charge is 0.452 e. The number of esters is 1. The third-order valence-electron chi connectivity index (χ3n) is 3.19. The lowest BCUT2D eigenvalue weighted by Gasteiger charge is -2.10. The van der Waals surface area contributed by atoms with Gasteiger partial charge in [0.2, 0.25) is 0 Å². The van der Waals surface area contributed by atoms with Gasteiger partial charge in [-0.2, -0.15) is 0 Å². The van der Waals surface area contributed by atoms with Gasteiger partial charge in [0.15, 0.2) is 6.61 Å². The number of ether oxygens (including phenoxy) is 1. The number of rotatable bonds is 5. The van der Waals surface area contributed by atoms with Gasteiger partial charge in [0.1, 0.15) is 5.69 Å². The van der Waals surface area contributed by atoms with Crippen LogP contribution in [0.3, 0.4) is 0 Å². The molecule has 0 fully saturated rings. The molecule has 2 rings (SSSR count). The first-order valence-electron chi connectivity index (χ1n) is 6.95. The molecule has 0 unspecified atom stereocenters. The second kappa shape index (κ2) is 7.96. The van der Waals surface area contributed by atoms with Crippen LogP contribution in [0, 0.1) is 17.0 Å². The first-order valence-corrected chi connectivity index (χ1v) is 7.71. The van der Waals surface area contributed by atoms with E-state index in [1.54, 1.807) is 13.0 Å². The summed E-state index contributed by atoms with van der Waals surface area (Å²) in [7, 11) is 0. The van der Waals surface area contributed by atoms with Gasteiger partial charge >= 0.3 is 5.97 Å². The Kier molecular flexibility index (Phi) is 5.95. The number of carbonyl (C=O) groups is 2. The summed E-state index contributed by atoms with van der Waals surface area (Å²) < 4.78 is 4.87. The van der Waals surface area contributed by atoms with E-state index in [4.69, 9.17) is 27.9 Å². The molecule has 1 amide bonds. The van der Waals surface area contributed by atoms with Crippen molar-refractivity contribution in [1.82, 2.24) is 0 Å². The van der Waals surface area contributed by atoms with Gasteiger partial charge in [0, 0.05) is 11.1 Å². The second-order valence-corrected chi connectivity index (χ2v) is 5.82. The maximum absolute atomic E-state index is 12.0. The van der Waals surface area contributed by atoms with Crippen molar-refractivity contribution >= 4 is 46.5 Å². The van der Waals surface area contributed by atoms with Gasteiger partial charge in [-0.3, -0.25) is 14.9 Å². The molecular weight excluding hydrogens is 371 g/mol. The molecule has 25 heavy (non-hydrogen) atoms. The SMILES string of the molecule is Cc1cccc([N+](=O)[O-])c1NC(=O)COC(=O)c1cc(Cl)ccc1Cl. The van der Waals surface area contributed by atoms with Gasteiger partial charge in [-0.05, 0) is 30.7 Å². The monoisotopic (exact) mass is 382 g/mol. The summed E-state index contributed by atoms with van der Waals surface area (Å²) in [5.41, 5.74) is 0.322. The lowest BCUT2D eigenvalue weighted by Crippen LogP contribution is -2.22. The fourth-order valence-corrected chi connectivity index (χ4v) is 2.37. The average Bonchev–Trinajstić information content (AvgIpc) is 2.56. The van der Waals surface area contributed by atoms with Gasteiger partial charge in [-0.1, -0.05) is 35.3 Å². The zero-order valence-electron chi connectivity index (χ0n) is 12.9. The maximum Gasteiger partial charge on any atom is 0.340 e. The van der Waals surface area contributed by atoms with Crippen LogP contribution in [0.25, 0.3) is 0 Å². The van der Waals surface area contributed by atoms with Crippen molar-refractivity contribution in [3.8, 4) is 0 Å². The number of hydrogen-bond donors (Lipinski definition) is 1. The molecular formula is C16H12Cl2N2O5. The van der Waals surface area contributed by atoms with Crippen LogP contribution in [0.1, 0.15) is 15.9 Å². The summed E-state index contributed by atoms with van der Waals surface area (Å²) in [6.07, 6.45) is 0. The average molecular weight is 383 g/mol. The smallest absolute Gasteiger partial charge is 0.340 e. The van der Waals surface area contributed by atoms with Crippen molar-refractivity contribution in [2.75, 3.05) is 11.9 Å². The second-order valence-electron chi connectivity index (χ2n) is 4.97. The van der Waals surface area contributed by atoms with Crippen molar-refractivity contribution in [2.45, 2.75) is 6.92 Å². The van der Waals surface area contributed by atoms with Crippen molar-refractivity contribution < 1.29 is 19.2 Å². The van der Waals surface area contributed by atoms with Crippen molar-refractivity contribution in [3.05, 3.63) is 67.7 Å². The third kappa shape index (κ3) is 4.68. The highest BCUT2D eigenvalue weighted by Crippen LogP contribution is 2.27. The maximum atomic E-state index is 12.0. The molecule has 0 bridgehead atoms. The summed E-state index contributed by atoms with van der Waals surface area (Å²) in [6.45, 7) is 0.980. The number of halogens is 2. The summed E-state index contributed by atoms with van der Waals surface area (Å²) in [4.78, 5) is 34.3. The Labute approximate surface area is 152 Å². The van der Waals surface area contributed by atoms with Gasteiger partial charge < -0.3 is 10.1 Å². The molecule has 9 heteroatoms. The number of carbonyl (C=O) groups excluding carboxylic acids is 2. The van der Waals surface area contributed by atoms with Crippen LogP contribution >= 0.6 is 23.2 Å². The number of nitro groups is 1. The Bertz CT molecular complexity index is 854. The normalized spacial score (nSPS) is 10.2. The number of nitrogens with one attached hydrogen (secondary N) is 1. The molecule has 0 heterocycles. The van der Waals surface area contributed by atoms with E-state index in [2.05, 4.69) is 5.32 Å². The number of amides is 1. The van der Waals surface area contributed by atoms with Crippen LogP contribution in [0.5, 0.6) is 0 Å². The van der Waals surface area contributed by atoms with Gasteiger partial charge in [0.05, 0.1) is 15.5 Å². The minimum absolute atomic E-state index is 0.0174. The summed E-state index contributed by atoms with van der Waals surface area (Å²) in [5.74, 6) is -1.55. The molecule has 1 N–H and O–H groups in total. The Morgan fingerprint density at radius 1 is 1.24 bits per heavy atom. The van der Waals surface area contributed by atoms with Gasteiger partial charge in [-0.15, -0.1) is 0 Å². The van der Waals surface area contributed by atoms with E-state index in [1.165, 1.54) is 30.3 Å². The third-order valence-corrected chi connectivity index (χ3v) is 3.76. The van der Waals surface area contributed by atoms with E-state index < -0.39 is 23.4 Å². The van der Waals surface area contributed by atoms with Crippen LogP contribution in [-0.4, -0.2) is 23.4 Å². The Balaban J connectivity index is 2.06. The number of nitrogens with zero attached hydrogens (tertiary/aromatic N) is 1. The number of para-hydroxylation sites is 1. The molecule has 0 saturated heterocycles. The van der Waals surface area contributed by atoms with E-state index in [-0.39, 0.29) is 27.0 Å². The zero-order valence-corrected chi connectivity index (χ0v) is 14.4. The fourth-order valence-electron chi connectivity index (χ4n) is 2.01. The van der Waals surface area contributed by atoms with Crippen LogP contribution in [0.4, 0.5) is 11.4 Å². The molecule has 2 aromatic rings. The van der Waals surface area contributed by atoms with Crippen molar-refractivity contribution in [3.63, 3.8) is 0 Å². The molecule has 0 radical (unpaired) electrons. The number of hydrogen-bond acceptors (Lipinski definition) is 5. The molecule has 7 nitrogen and oxygen atoms in total. The predicted octanol–water partition coefficient (Wildman–Crippen LogP) is 4.01. The van der Waals surface area contributed by atoms with E-state index in [0.717, 1.165) is 0 Å². The summed E-state index contributed by atoms with van der Waals surface area (Å²) in [6, 6.07) is 8.63. The highest BCUT2D eigenvalue weighted by molar-refractivity contribution is 6.35. The lowest BCUT2D eigenvalue weighted by atomic mass is 10.1. The van der Waals surface area contributed by atoms with E-state index in [9.17, 15) is 19.7 Å². The van der Waals surface area contributed by atoms with Crippen molar-refractivity contribution in [2.24, 2.45) is 0 Å². The molecule has 2 aromatic carbocycles. The van der Waals surface area contributed by atoms with Crippen LogP contribution in [0.15, 0.2) is 36.4 Å². The van der Waals surface area contributed by atoms with E-state index >= 15 is 0 Å². The molecule has 0 aliphatic rings. The fraction of sp³-hybridized carbons (Fsp3) is 0.125. The minimum Gasteiger partial charge on any atom is -0.452 e. The van der Waals surface area contributed by atoms with E-state index in [1.807, 2.05) is 0 Å². The predicted molar refractivity (Wildman–Crippen MR) is 93.2 cm³/mol. The van der Waals surface area contributed by atoms with Gasteiger partial charge in [0.25, 0.3) is 11.6 Å². The Hall–Kier alpha value is -2.64. The van der Waals surface area contributed by atoms with Crippen LogP contribution in [0.2, 0.25) is 10.0 Å². The van der Waals surface area contributed by atoms with E-state index in [0.29, 0.717) is 5.56 Å². The standard InChI is InChI=1S/C16H12Cl2N2O5/c1-9-3-2-4-13(20(23)24)15(9)19-14(21)8-25-16(22)11-7-10(17)5-6-12(11)18/h2-7H,8H2,1H3,(H,19,21). The van der Waals surface area contributed by atoms with Crippen LogP contribution in [-0.2, 0) is 9.53 Å². The lowest BCUT2D eigenvalue weighted by molar-refractivity contribution is -0.384.